The molecule has 20 heavy (non-hydrogen) atoms. The second-order valence-electron chi connectivity index (χ2n) is 5.91. The molecule has 0 radical (unpaired) electrons. The van der Waals surface area contributed by atoms with Crippen LogP contribution in [0.25, 0.3) is 0 Å². The SMILES string of the molecule is COC(=O)C[C@@H]1CN(C(=O)OC(C)(C)C)CCC1(F)F. The second kappa shape index (κ2) is 5.93. The molecule has 0 spiro atoms. The van der Waals surface area contributed by atoms with Crippen molar-refractivity contribution in [2.45, 2.75) is 45.1 Å². The number of carbonyl (C=O) groups excluding carboxylic acids is 2. The van der Waals surface area contributed by atoms with E-state index in [-0.39, 0.29) is 13.1 Å². The first kappa shape index (κ1) is 16.7. The van der Waals surface area contributed by atoms with E-state index in [4.69, 9.17) is 4.74 Å². The van der Waals surface area contributed by atoms with Gasteiger partial charge in [0.15, 0.2) is 0 Å². The lowest BCUT2D eigenvalue weighted by Gasteiger charge is -2.38. The Kier molecular flexibility index (Phi) is 4.94. The third-order valence-corrected chi connectivity index (χ3v) is 3.05. The van der Waals surface area contributed by atoms with Crippen molar-refractivity contribution in [3.05, 3.63) is 0 Å². The molecule has 0 aromatic carbocycles. The lowest BCUT2D eigenvalue weighted by Crippen LogP contribution is -2.51. The van der Waals surface area contributed by atoms with Gasteiger partial charge in [0, 0.05) is 19.5 Å². The molecule has 7 heteroatoms. The summed E-state index contributed by atoms with van der Waals surface area (Å²) >= 11 is 0. The van der Waals surface area contributed by atoms with E-state index in [2.05, 4.69) is 4.74 Å². The quantitative estimate of drug-likeness (QED) is 0.734. The van der Waals surface area contributed by atoms with Crippen LogP contribution in [0.4, 0.5) is 13.6 Å². The summed E-state index contributed by atoms with van der Waals surface area (Å²) in [6.45, 7) is 4.82. The van der Waals surface area contributed by atoms with Crippen molar-refractivity contribution in [3.8, 4) is 0 Å². The molecule has 0 aromatic heterocycles. The molecule has 0 aromatic rings. The minimum absolute atomic E-state index is 0.0837. The molecular weight excluding hydrogens is 272 g/mol. The highest BCUT2D eigenvalue weighted by molar-refractivity contribution is 5.71. The summed E-state index contributed by atoms with van der Waals surface area (Å²) in [5, 5.41) is 0. The van der Waals surface area contributed by atoms with Crippen LogP contribution in [0.1, 0.15) is 33.6 Å². The minimum atomic E-state index is -2.98. The van der Waals surface area contributed by atoms with E-state index in [1.54, 1.807) is 20.8 Å². The summed E-state index contributed by atoms with van der Waals surface area (Å²) in [6.07, 6.45) is -1.53. The molecule has 1 amide bonds. The van der Waals surface area contributed by atoms with E-state index >= 15 is 0 Å². The number of hydrogen-bond donors (Lipinski definition) is 0. The van der Waals surface area contributed by atoms with E-state index in [9.17, 15) is 18.4 Å². The minimum Gasteiger partial charge on any atom is -0.469 e. The molecule has 1 atom stereocenters. The number of methoxy groups -OCH3 is 1. The fourth-order valence-corrected chi connectivity index (χ4v) is 1.97. The molecule has 1 rings (SSSR count). The standard InChI is InChI=1S/C13H21F2NO4/c1-12(2,3)20-11(18)16-6-5-13(14,15)9(8-16)7-10(17)19-4/h9H,5-8H2,1-4H3/t9-/m1/s1. The maximum atomic E-state index is 13.8. The molecule has 1 aliphatic heterocycles. The Hall–Kier alpha value is -1.40. The zero-order chi connectivity index (χ0) is 15.6. The molecule has 0 N–H and O–H groups in total. The number of piperidine rings is 1. The van der Waals surface area contributed by atoms with Crippen LogP contribution in [0.2, 0.25) is 0 Å². The number of rotatable bonds is 2. The molecule has 0 saturated carbocycles. The first-order valence-corrected chi connectivity index (χ1v) is 6.48. The number of hydrogen-bond acceptors (Lipinski definition) is 4. The summed E-state index contributed by atoms with van der Waals surface area (Å²) in [4.78, 5) is 24.3. The van der Waals surface area contributed by atoms with Gasteiger partial charge in [-0.15, -0.1) is 0 Å². The Morgan fingerprint density at radius 1 is 1.35 bits per heavy atom. The average Bonchev–Trinajstić information content (AvgIpc) is 2.29. The Morgan fingerprint density at radius 3 is 2.45 bits per heavy atom. The van der Waals surface area contributed by atoms with Crippen LogP contribution in [0.5, 0.6) is 0 Å². The van der Waals surface area contributed by atoms with Crippen LogP contribution < -0.4 is 0 Å². The van der Waals surface area contributed by atoms with Crippen LogP contribution in [0.3, 0.4) is 0 Å². The van der Waals surface area contributed by atoms with Crippen molar-refractivity contribution in [2.75, 3.05) is 20.2 Å². The van der Waals surface area contributed by atoms with Gasteiger partial charge in [-0.2, -0.15) is 0 Å². The normalized spacial score (nSPS) is 22.3. The molecule has 1 saturated heterocycles. The lowest BCUT2D eigenvalue weighted by molar-refractivity contribution is -0.151. The van der Waals surface area contributed by atoms with Gasteiger partial charge in [0.1, 0.15) is 5.60 Å². The summed E-state index contributed by atoms with van der Waals surface area (Å²) in [7, 11) is 1.15. The molecule has 0 aliphatic carbocycles. The Morgan fingerprint density at radius 2 is 1.95 bits per heavy atom. The van der Waals surface area contributed by atoms with Crippen molar-refractivity contribution in [2.24, 2.45) is 5.92 Å². The Balaban J connectivity index is 2.70. The maximum Gasteiger partial charge on any atom is 0.410 e. The molecule has 5 nitrogen and oxygen atoms in total. The first-order valence-electron chi connectivity index (χ1n) is 6.48. The summed E-state index contributed by atoms with van der Waals surface area (Å²) in [5.74, 6) is -4.93. The van der Waals surface area contributed by atoms with Gasteiger partial charge < -0.3 is 14.4 Å². The van der Waals surface area contributed by atoms with E-state index in [0.717, 1.165) is 7.11 Å². The van der Waals surface area contributed by atoms with Gasteiger partial charge in [-0.05, 0) is 20.8 Å². The lowest BCUT2D eigenvalue weighted by atomic mass is 9.91. The molecule has 0 bridgehead atoms. The van der Waals surface area contributed by atoms with Crippen molar-refractivity contribution < 1.29 is 27.8 Å². The predicted molar refractivity (Wildman–Crippen MR) is 67.5 cm³/mol. The van der Waals surface area contributed by atoms with E-state index in [1.165, 1.54) is 4.90 Å². The van der Waals surface area contributed by atoms with Gasteiger partial charge in [-0.1, -0.05) is 0 Å². The summed E-state index contributed by atoms with van der Waals surface area (Å²) in [6, 6.07) is 0. The van der Waals surface area contributed by atoms with Gasteiger partial charge in [0.25, 0.3) is 5.92 Å². The van der Waals surface area contributed by atoms with E-state index in [1.807, 2.05) is 0 Å². The first-order chi connectivity index (χ1) is 9.05. The van der Waals surface area contributed by atoms with Crippen molar-refractivity contribution in [3.63, 3.8) is 0 Å². The van der Waals surface area contributed by atoms with Gasteiger partial charge in [0.05, 0.1) is 19.4 Å². The zero-order valence-corrected chi connectivity index (χ0v) is 12.2. The van der Waals surface area contributed by atoms with Crippen LogP contribution in [-0.2, 0) is 14.3 Å². The maximum absolute atomic E-state index is 13.8. The van der Waals surface area contributed by atoms with Crippen molar-refractivity contribution in [1.82, 2.24) is 4.90 Å². The largest absolute Gasteiger partial charge is 0.469 e. The highest BCUT2D eigenvalue weighted by Gasteiger charge is 2.46. The molecule has 0 unspecified atom stereocenters. The van der Waals surface area contributed by atoms with Gasteiger partial charge in [0.2, 0.25) is 0 Å². The van der Waals surface area contributed by atoms with Gasteiger partial charge >= 0.3 is 12.1 Å². The van der Waals surface area contributed by atoms with Crippen LogP contribution >= 0.6 is 0 Å². The summed E-state index contributed by atoms with van der Waals surface area (Å²) in [5.41, 5.74) is -0.686. The fraction of sp³-hybridized carbons (Fsp3) is 0.846. The van der Waals surface area contributed by atoms with Crippen LogP contribution in [-0.4, -0.2) is 48.7 Å². The molecule has 1 fully saturated rings. The van der Waals surface area contributed by atoms with Crippen LogP contribution in [0, 0.1) is 5.92 Å². The third-order valence-electron chi connectivity index (χ3n) is 3.05. The van der Waals surface area contributed by atoms with E-state index < -0.39 is 42.3 Å². The van der Waals surface area contributed by atoms with Gasteiger partial charge in [-0.25, -0.2) is 13.6 Å². The van der Waals surface area contributed by atoms with Crippen molar-refractivity contribution >= 4 is 12.1 Å². The Bertz CT molecular complexity index is 379. The fourth-order valence-electron chi connectivity index (χ4n) is 1.97. The highest BCUT2D eigenvalue weighted by atomic mass is 19.3. The topological polar surface area (TPSA) is 55.8 Å². The molecule has 116 valence electrons. The van der Waals surface area contributed by atoms with Crippen molar-refractivity contribution in [1.29, 1.82) is 0 Å². The molecular formula is C13H21F2NO4. The number of ether oxygens (including phenoxy) is 2. The number of amides is 1. The second-order valence-corrected chi connectivity index (χ2v) is 5.91. The zero-order valence-electron chi connectivity index (χ0n) is 12.2. The number of carbonyl (C=O) groups is 2. The number of likely N-dealkylation sites (tertiary alicyclic amines) is 1. The molecule has 1 aliphatic rings. The number of nitrogens with zero attached hydrogens (tertiary/aromatic N) is 1. The number of halogens is 2. The van der Waals surface area contributed by atoms with E-state index in [0.29, 0.717) is 0 Å². The van der Waals surface area contributed by atoms with Gasteiger partial charge in [-0.3, -0.25) is 4.79 Å². The number of esters is 1. The van der Waals surface area contributed by atoms with Crippen LogP contribution in [0.15, 0.2) is 0 Å². The third kappa shape index (κ3) is 4.61. The monoisotopic (exact) mass is 293 g/mol. The highest BCUT2D eigenvalue weighted by Crippen LogP contribution is 2.36. The summed E-state index contributed by atoms with van der Waals surface area (Å²) < 4.78 is 37.1. The smallest absolute Gasteiger partial charge is 0.410 e. The average molecular weight is 293 g/mol. The number of alkyl halides is 2. The Labute approximate surface area is 117 Å². The predicted octanol–water partition coefficient (Wildman–Crippen LogP) is 2.44. The molecule has 1 heterocycles.